The van der Waals surface area contributed by atoms with E-state index in [0.29, 0.717) is 41.2 Å². The highest BCUT2D eigenvalue weighted by Gasteiger charge is 2.09. The average molecular weight is 367 g/mol. The monoisotopic (exact) mass is 367 g/mol. The van der Waals surface area contributed by atoms with Gasteiger partial charge in [0.05, 0.1) is 22.6 Å². The number of pyridine rings is 2. The molecule has 0 amide bonds. The molecule has 0 aliphatic carbocycles. The van der Waals surface area contributed by atoms with Gasteiger partial charge in [-0.05, 0) is 37.6 Å². The van der Waals surface area contributed by atoms with Crippen LogP contribution >= 0.6 is 0 Å². The van der Waals surface area contributed by atoms with Crippen molar-refractivity contribution in [2.75, 3.05) is 24.2 Å². The third kappa shape index (κ3) is 4.57. The zero-order chi connectivity index (χ0) is 19.2. The molecule has 2 aromatic heterocycles. The number of aliphatic imine (C=N–C) groups is 1. The number of hydrogen-bond donors (Lipinski definition) is 3. The lowest BCUT2D eigenvalue weighted by Crippen LogP contribution is -2.09. The Kier molecular flexibility index (Phi) is 5.93. The van der Waals surface area contributed by atoms with Gasteiger partial charge in [-0.1, -0.05) is 6.07 Å². The number of nitrogens with two attached hydrogens (primary N) is 1. The quantitative estimate of drug-likeness (QED) is 0.440. The van der Waals surface area contributed by atoms with Crippen molar-refractivity contribution in [2.24, 2.45) is 4.99 Å². The normalized spacial score (nSPS) is 11.7. The Morgan fingerprint density at radius 2 is 2.15 bits per heavy atom. The number of anilines is 2. The van der Waals surface area contributed by atoms with E-state index in [1.807, 2.05) is 19.1 Å². The fraction of sp³-hybridized carbons (Fsp3) is 0.250. The van der Waals surface area contributed by atoms with Crippen molar-refractivity contribution in [1.82, 2.24) is 9.97 Å². The van der Waals surface area contributed by atoms with E-state index >= 15 is 0 Å². The molecular weight excluding hydrogens is 345 g/mol. The van der Waals surface area contributed by atoms with Crippen LogP contribution in [0.1, 0.15) is 24.6 Å². The summed E-state index contributed by atoms with van der Waals surface area (Å²) in [5, 5.41) is 12.8. The molecule has 0 aliphatic rings. The van der Waals surface area contributed by atoms with Crippen LogP contribution in [0, 0.1) is 5.82 Å². The molecule has 4 N–H and O–H groups in total. The van der Waals surface area contributed by atoms with Gasteiger partial charge >= 0.3 is 0 Å². The van der Waals surface area contributed by atoms with Crippen LogP contribution in [0.3, 0.4) is 0 Å². The van der Waals surface area contributed by atoms with Gasteiger partial charge in [-0.15, -0.1) is 0 Å². The number of nitrogens with one attached hydrogen (secondary N) is 1. The van der Waals surface area contributed by atoms with Crippen molar-refractivity contribution < 1.29 is 9.50 Å². The highest BCUT2D eigenvalue weighted by molar-refractivity contribution is 5.97. The fourth-order valence-electron chi connectivity index (χ4n) is 2.67. The van der Waals surface area contributed by atoms with Gasteiger partial charge in [-0.25, -0.2) is 9.37 Å². The first kappa shape index (κ1) is 18.7. The van der Waals surface area contributed by atoms with Crippen molar-refractivity contribution in [3.8, 4) is 0 Å². The summed E-state index contributed by atoms with van der Waals surface area (Å²) in [7, 11) is 0. The second-order valence-corrected chi connectivity index (χ2v) is 6.17. The number of hydrogen-bond acceptors (Lipinski definition) is 6. The van der Waals surface area contributed by atoms with Crippen LogP contribution in [-0.4, -0.2) is 33.9 Å². The van der Waals surface area contributed by atoms with Gasteiger partial charge in [0.1, 0.15) is 11.6 Å². The standard InChI is InChI=1S/C20H22FN5O/c1-13(23-8-3-9-27)18-6-5-17(22)20(26-18)25-12-15-10-14-4-2-7-24-19(14)11-16(15)21/h2,4-7,10-11,27H,3,8-9,12,22H2,1H3,(H,25,26). The summed E-state index contributed by atoms with van der Waals surface area (Å²) < 4.78 is 14.3. The van der Waals surface area contributed by atoms with E-state index in [2.05, 4.69) is 20.3 Å². The number of rotatable bonds is 7. The van der Waals surface area contributed by atoms with E-state index in [0.717, 1.165) is 11.1 Å². The van der Waals surface area contributed by atoms with Crippen LogP contribution in [0.25, 0.3) is 10.9 Å². The Bertz CT molecular complexity index is 974. The molecule has 0 saturated carbocycles. The molecule has 3 aromatic rings. The van der Waals surface area contributed by atoms with Crippen LogP contribution in [0.2, 0.25) is 0 Å². The second-order valence-electron chi connectivity index (χ2n) is 6.17. The first-order valence-corrected chi connectivity index (χ1v) is 8.74. The number of nitrogens with zero attached hydrogens (tertiary/aromatic N) is 3. The van der Waals surface area contributed by atoms with Crippen LogP contribution < -0.4 is 11.1 Å². The number of aliphatic hydroxyl groups is 1. The van der Waals surface area contributed by atoms with E-state index in [4.69, 9.17) is 10.8 Å². The average Bonchev–Trinajstić information content (AvgIpc) is 2.67. The van der Waals surface area contributed by atoms with Gasteiger partial charge in [0, 0.05) is 42.9 Å². The van der Waals surface area contributed by atoms with E-state index in [-0.39, 0.29) is 19.0 Å². The predicted molar refractivity (Wildman–Crippen MR) is 106 cm³/mol. The zero-order valence-corrected chi connectivity index (χ0v) is 15.1. The van der Waals surface area contributed by atoms with E-state index in [1.54, 1.807) is 24.4 Å². The highest BCUT2D eigenvalue weighted by Crippen LogP contribution is 2.21. The van der Waals surface area contributed by atoms with Crippen molar-refractivity contribution in [3.05, 3.63) is 59.7 Å². The smallest absolute Gasteiger partial charge is 0.150 e. The molecule has 0 radical (unpaired) electrons. The zero-order valence-electron chi connectivity index (χ0n) is 15.1. The topological polar surface area (TPSA) is 96.4 Å². The molecule has 1 aromatic carbocycles. The van der Waals surface area contributed by atoms with Gasteiger partial charge in [-0.2, -0.15) is 0 Å². The number of aromatic nitrogens is 2. The third-order valence-electron chi connectivity index (χ3n) is 4.18. The Morgan fingerprint density at radius 3 is 2.96 bits per heavy atom. The van der Waals surface area contributed by atoms with Crippen molar-refractivity contribution in [3.63, 3.8) is 0 Å². The molecule has 0 spiro atoms. The summed E-state index contributed by atoms with van der Waals surface area (Å²) in [6.07, 6.45) is 2.24. The lowest BCUT2D eigenvalue weighted by Gasteiger charge is -2.11. The molecule has 2 heterocycles. The Balaban J connectivity index is 1.79. The molecule has 0 saturated heterocycles. The first-order chi connectivity index (χ1) is 13.1. The SMILES string of the molecule is CC(=NCCCO)c1ccc(N)c(NCc2cc3cccnc3cc2F)n1. The van der Waals surface area contributed by atoms with Crippen LogP contribution in [-0.2, 0) is 6.54 Å². The predicted octanol–water partition coefficient (Wildman–Crippen LogP) is 3.15. The lowest BCUT2D eigenvalue weighted by atomic mass is 10.1. The van der Waals surface area contributed by atoms with Gasteiger partial charge in [0.15, 0.2) is 0 Å². The number of halogens is 1. The minimum absolute atomic E-state index is 0.103. The maximum absolute atomic E-state index is 14.3. The minimum Gasteiger partial charge on any atom is -0.396 e. The molecule has 0 fully saturated rings. The molecular formula is C20H22FN5O. The summed E-state index contributed by atoms with van der Waals surface area (Å²) in [5.41, 5.74) is 9.05. The highest BCUT2D eigenvalue weighted by atomic mass is 19.1. The molecule has 7 heteroatoms. The van der Waals surface area contributed by atoms with Crippen molar-refractivity contribution in [2.45, 2.75) is 19.9 Å². The summed E-state index contributed by atoms with van der Waals surface area (Å²) in [6.45, 7) is 2.74. The first-order valence-electron chi connectivity index (χ1n) is 8.74. The number of aliphatic hydroxyl groups excluding tert-OH is 1. The van der Waals surface area contributed by atoms with Crippen molar-refractivity contribution >= 4 is 28.1 Å². The molecule has 0 aliphatic heterocycles. The molecule has 140 valence electrons. The number of nitrogen functional groups attached to an aromatic ring is 1. The molecule has 6 nitrogen and oxygen atoms in total. The Labute approximate surface area is 157 Å². The van der Waals surface area contributed by atoms with Crippen molar-refractivity contribution in [1.29, 1.82) is 0 Å². The van der Waals surface area contributed by atoms with E-state index in [9.17, 15) is 4.39 Å². The maximum atomic E-state index is 14.3. The largest absolute Gasteiger partial charge is 0.396 e. The van der Waals surface area contributed by atoms with Gasteiger partial charge in [0.25, 0.3) is 0 Å². The molecule has 0 unspecified atom stereocenters. The lowest BCUT2D eigenvalue weighted by molar-refractivity contribution is 0.291. The minimum atomic E-state index is -0.329. The summed E-state index contributed by atoms with van der Waals surface area (Å²) in [5.74, 6) is 0.153. The second kappa shape index (κ2) is 8.55. The van der Waals surface area contributed by atoms with Gasteiger partial charge in [0.2, 0.25) is 0 Å². The van der Waals surface area contributed by atoms with E-state index < -0.39 is 0 Å². The molecule has 3 rings (SSSR count). The third-order valence-corrected chi connectivity index (χ3v) is 4.18. The van der Waals surface area contributed by atoms with Crippen LogP contribution in [0.5, 0.6) is 0 Å². The summed E-state index contributed by atoms with van der Waals surface area (Å²) in [6, 6.07) is 10.4. The molecule has 27 heavy (non-hydrogen) atoms. The van der Waals surface area contributed by atoms with Gasteiger partial charge in [-0.3, -0.25) is 9.98 Å². The van der Waals surface area contributed by atoms with Crippen LogP contribution in [0.15, 0.2) is 47.6 Å². The van der Waals surface area contributed by atoms with E-state index in [1.165, 1.54) is 6.07 Å². The van der Waals surface area contributed by atoms with Gasteiger partial charge < -0.3 is 16.2 Å². The Hall–Kier alpha value is -3.06. The number of fused-ring (bicyclic) bond motifs is 1. The molecule has 0 bridgehead atoms. The Morgan fingerprint density at radius 1 is 1.30 bits per heavy atom. The fourth-order valence-corrected chi connectivity index (χ4v) is 2.67. The maximum Gasteiger partial charge on any atom is 0.150 e. The number of benzene rings is 1. The summed E-state index contributed by atoms with van der Waals surface area (Å²) in [4.78, 5) is 13.0. The molecule has 0 atom stereocenters. The summed E-state index contributed by atoms with van der Waals surface area (Å²) >= 11 is 0. The van der Waals surface area contributed by atoms with Crippen LogP contribution in [0.4, 0.5) is 15.9 Å².